The first-order chi connectivity index (χ1) is 5.79. The molecule has 1 aliphatic rings. The second-order valence-corrected chi connectivity index (χ2v) is 3.08. The molecule has 0 radical (unpaired) electrons. The highest BCUT2D eigenvalue weighted by atomic mass is 16.1. The zero-order valence-electron chi connectivity index (χ0n) is 7.00. The van der Waals surface area contributed by atoms with Crippen LogP contribution in [-0.4, -0.2) is 5.78 Å². The minimum Gasteiger partial charge on any atom is -0.289 e. The molecule has 1 aromatic carbocycles. The summed E-state index contributed by atoms with van der Waals surface area (Å²) in [6.07, 6.45) is 4.47. The maximum atomic E-state index is 11.4. The van der Waals surface area contributed by atoms with E-state index in [-0.39, 0.29) is 5.78 Å². The van der Waals surface area contributed by atoms with Crippen LogP contribution in [0.15, 0.2) is 30.4 Å². The largest absolute Gasteiger partial charge is 0.289 e. The van der Waals surface area contributed by atoms with Gasteiger partial charge in [0.15, 0.2) is 5.78 Å². The Bertz CT molecular complexity index is 361. The van der Waals surface area contributed by atoms with Gasteiger partial charge < -0.3 is 0 Å². The van der Waals surface area contributed by atoms with Crippen molar-refractivity contribution in [2.45, 2.75) is 13.3 Å². The molecule has 0 unspecified atom stereocenters. The maximum absolute atomic E-state index is 11.4. The fraction of sp³-hybridized carbons (Fsp3) is 0.182. The molecule has 1 aliphatic carbocycles. The summed E-state index contributed by atoms with van der Waals surface area (Å²) >= 11 is 0. The summed E-state index contributed by atoms with van der Waals surface area (Å²) in [5, 5.41) is 0. The predicted molar refractivity (Wildman–Crippen MR) is 48.4 cm³/mol. The molecule has 0 bridgehead atoms. The van der Waals surface area contributed by atoms with Crippen LogP contribution in [0, 0.1) is 6.92 Å². The van der Waals surface area contributed by atoms with Crippen molar-refractivity contribution >= 4 is 5.78 Å². The van der Waals surface area contributed by atoms with E-state index in [0.717, 1.165) is 23.1 Å². The van der Waals surface area contributed by atoms with E-state index in [9.17, 15) is 4.79 Å². The molecule has 12 heavy (non-hydrogen) atoms. The number of aryl methyl sites for hydroxylation is 1. The first kappa shape index (κ1) is 7.29. The summed E-state index contributed by atoms with van der Waals surface area (Å²) in [6.45, 7) is 1.98. The van der Waals surface area contributed by atoms with Crippen molar-refractivity contribution in [2.75, 3.05) is 0 Å². The number of allylic oxidation sites excluding steroid dienone is 2. The third-order valence-electron chi connectivity index (χ3n) is 2.21. The summed E-state index contributed by atoms with van der Waals surface area (Å²) in [6, 6.07) is 6.00. The third kappa shape index (κ3) is 0.981. The number of fused-ring (bicyclic) bond motifs is 1. The Hall–Kier alpha value is -1.37. The Morgan fingerprint density at radius 3 is 2.92 bits per heavy atom. The predicted octanol–water partition coefficient (Wildman–Crippen LogP) is 2.29. The van der Waals surface area contributed by atoms with Crippen molar-refractivity contribution in [3.8, 4) is 0 Å². The van der Waals surface area contributed by atoms with Gasteiger partial charge in [-0.15, -0.1) is 0 Å². The average molecular weight is 158 g/mol. The second kappa shape index (κ2) is 2.59. The molecule has 0 N–H and O–H groups in total. The molecule has 0 saturated carbocycles. The molecular formula is C11H10O. The Labute approximate surface area is 71.7 Å². The van der Waals surface area contributed by atoms with Crippen LogP contribution in [0.3, 0.4) is 0 Å². The van der Waals surface area contributed by atoms with Crippen LogP contribution in [0.1, 0.15) is 21.5 Å². The molecule has 0 spiro atoms. The summed E-state index contributed by atoms with van der Waals surface area (Å²) in [4.78, 5) is 11.4. The summed E-state index contributed by atoms with van der Waals surface area (Å²) in [5.74, 6) is 0.148. The van der Waals surface area contributed by atoms with Crippen LogP contribution in [0.4, 0.5) is 0 Å². The molecule has 1 aromatic rings. The first-order valence-electron chi connectivity index (χ1n) is 4.08. The van der Waals surface area contributed by atoms with E-state index >= 15 is 0 Å². The van der Waals surface area contributed by atoms with Gasteiger partial charge in [-0.25, -0.2) is 0 Å². The number of hydrogen-bond donors (Lipinski definition) is 0. The Kier molecular flexibility index (Phi) is 1.58. The molecule has 0 heterocycles. The molecule has 60 valence electrons. The van der Waals surface area contributed by atoms with Gasteiger partial charge >= 0.3 is 0 Å². The summed E-state index contributed by atoms with van der Waals surface area (Å²) in [7, 11) is 0. The normalized spacial score (nSPS) is 14.6. The van der Waals surface area contributed by atoms with Crippen LogP contribution in [0.25, 0.3) is 0 Å². The van der Waals surface area contributed by atoms with Crippen LogP contribution in [-0.2, 0) is 6.42 Å². The van der Waals surface area contributed by atoms with E-state index in [0.29, 0.717) is 0 Å². The SMILES string of the molecule is Cc1cccc2c1C(=O)C=CC2. The average Bonchev–Trinajstić information content (AvgIpc) is 2.04. The molecule has 0 saturated heterocycles. The van der Waals surface area contributed by atoms with Crippen LogP contribution in [0.2, 0.25) is 0 Å². The zero-order chi connectivity index (χ0) is 8.55. The molecular weight excluding hydrogens is 148 g/mol. The number of hydrogen-bond acceptors (Lipinski definition) is 1. The summed E-state index contributed by atoms with van der Waals surface area (Å²) < 4.78 is 0. The lowest BCUT2D eigenvalue weighted by Crippen LogP contribution is -2.07. The van der Waals surface area contributed by atoms with Crippen molar-refractivity contribution in [2.24, 2.45) is 0 Å². The first-order valence-corrected chi connectivity index (χ1v) is 4.08. The smallest absolute Gasteiger partial charge is 0.186 e. The third-order valence-corrected chi connectivity index (χ3v) is 2.21. The minimum atomic E-state index is 0.148. The highest BCUT2D eigenvalue weighted by Gasteiger charge is 2.13. The molecule has 0 aliphatic heterocycles. The highest BCUT2D eigenvalue weighted by Crippen LogP contribution is 2.19. The number of benzene rings is 1. The van der Waals surface area contributed by atoms with Crippen molar-refractivity contribution in [1.29, 1.82) is 0 Å². The number of ketones is 1. The standard InChI is InChI=1S/C11H10O/c1-8-4-2-5-9-6-3-7-10(12)11(8)9/h2-5,7H,6H2,1H3. The molecule has 0 aromatic heterocycles. The van der Waals surface area contributed by atoms with Crippen molar-refractivity contribution < 1.29 is 4.79 Å². The van der Waals surface area contributed by atoms with Gasteiger partial charge in [-0.05, 0) is 30.5 Å². The summed E-state index contributed by atoms with van der Waals surface area (Å²) in [5.41, 5.74) is 3.14. The van der Waals surface area contributed by atoms with Crippen molar-refractivity contribution in [3.05, 3.63) is 47.0 Å². The lowest BCUT2D eigenvalue weighted by atomic mass is 9.92. The molecule has 0 atom stereocenters. The Balaban J connectivity index is 2.66. The van der Waals surface area contributed by atoms with E-state index in [2.05, 4.69) is 0 Å². The fourth-order valence-corrected chi connectivity index (χ4v) is 1.63. The number of rotatable bonds is 0. The zero-order valence-corrected chi connectivity index (χ0v) is 7.00. The van der Waals surface area contributed by atoms with E-state index < -0.39 is 0 Å². The minimum absolute atomic E-state index is 0.148. The lowest BCUT2D eigenvalue weighted by Gasteiger charge is -2.11. The lowest BCUT2D eigenvalue weighted by molar-refractivity contribution is 0.104. The van der Waals surface area contributed by atoms with E-state index in [1.807, 2.05) is 31.2 Å². The van der Waals surface area contributed by atoms with Gasteiger partial charge in [0.1, 0.15) is 0 Å². The monoisotopic (exact) mass is 158 g/mol. The quantitative estimate of drug-likeness (QED) is 0.566. The second-order valence-electron chi connectivity index (χ2n) is 3.08. The van der Waals surface area contributed by atoms with Gasteiger partial charge in [0.25, 0.3) is 0 Å². The van der Waals surface area contributed by atoms with E-state index in [1.165, 1.54) is 0 Å². The highest BCUT2D eigenvalue weighted by molar-refractivity contribution is 6.07. The molecule has 0 fully saturated rings. The van der Waals surface area contributed by atoms with Crippen LogP contribution in [0.5, 0.6) is 0 Å². The van der Waals surface area contributed by atoms with Crippen molar-refractivity contribution in [1.82, 2.24) is 0 Å². The molecule has 0 amide bonds. The van der Waals surface area contributed by atoms with Gasteiger partial charge in [0.05, 0.1) is 0 Å². The molecule has 2 rings (SSSR count). The molecule has 1 heteroatoms. The number of carbonyl (C=O) groups is 1. The van der Waals surface area contributed by atoms with Crippen molar-refractivity contribution in [3.63, 3.8) is 0 Å². The van der Waals surface area contributed by atoms with Crippen LogP contribution < -0.4 is 0 Å². The Morgan fingerprint density at radius 2 is 2.17 bits per heavy atom. The van der Waals surface area contributed by atoms with Gasteiger partial charge in [-0.2, -0.15) is 0 Å². The topological polar surface area (TPSA) is 17.1 Å². The van der Waals surface area contributed by atoms with E-state index in [1.54, 1.807) is 6.08 Å². The van der Waals surface area contributed by atoms with Gasteiger partial charge in [-0.3, -0.25) is 4.79 Å². The van der Waals surface area contributed by atoms with E-state index in [4.69, 9.17) is 0 Å². The van der Waals surface area contributed by atoms with Gasteiger partial charge in [-0.1, -0.05) is 24.3 Å². The number of carbonyl (C=O) groups excluding carboxylic acids is 1. The maximum Gasteiger partial charge on any atom is 0.186 e. The van der Waals surface area contributed by atoms with Crippen LogP contribution >= 0.6 is 0 Å². The van der Waals surface area contributed by atoms with Gasteiger partial charge in [0, 0.05) is 5.56 Å². The molecule has 1 nitrogen and oxygen atoms in total. The fourth-order valence-electron chi connectivity index (χ4n) is 1.63. The Morgan fingerprint density at radius 1 is 1.33 bits per heavy atom. The van der Waals surface area contributed by atoms with Gasteiger partial charge in [0.2, 0.25) is 0 Å².